The third-order valence-corrected chi connectivity index (χ3v) is 5.27. The molecule has 0 radical (unpaired) electrons. The van der Waals surface area contributed by atoms with E-state index in [1.165, 1.54) is 102 Å². The summed E-state index contributed by atoms with van der Waals surface area (Å²) in [5, 5.41) is 0. The van der Waals surface area contributed by atoms with E-state index in [4.69, 9.17) is 0 Å². The topological polar surface area (TPSA) is 6.48 Å². The van der Waals surface area contributed by atoms with E-state index in [1.807, 2.05) is 0 Å². The van der Waals surface area contributed by atoms with E-state index < -0.39 is 0 Å². The maximum Gasteiger partial charge on any atom is -0.00156 e. The van der Waals surface area contributed by atoms with Crippen LogP contribution in [0.3, 0.4) is 0 Å². The van der Waals surface area contributed by atoms with Gasteiger partial charge in [-0.15, -0.1) is 0 Å². The average molecular weight is 300 g/mol. The Morgan fingerprint density at radius 3 is 1.59 bits per heavy atom. The van der Waals surface area contributed by atoms with Crippen LogP contribution >= 0.6 is 0 Å². The molecule has 2 fully saturated rings. The van der Waals surface area contributed by atoms with E-state index in [9.17, 15) is 0 Å². The van der Waals surface area contributed by atoms with Crippen LogP contribution in [0.1, 0.15) is 49.7 Å². The molecule has 0 saturated carbocycles. The summed E-state index contributed by atoms with van der Waals surface area (Å²) in [6, 6.07) is 9.34. The number of hydrogen-bond donors (Lipinski definition) is 0. The van der Waals surface area contributed by atoms with Crippen LogP contribution < -0.4 is 0 Å². The Hall–Kier alpha value is -0.860. The first kappa shape index (κ1) is 16.0. The van der Waals surface area contributed by atoms with Gasteiger partial charge < -0.3 is 9.80 Å². The van der Waals surface area contributed by atoms with Crippen molar-refractivity contribution in [3.05, 3.63) is 35.4 Å². The molecule has 0 atom stereocenters. The zero-order valence-electron chi connectivity index (χ0n) is 14.1. The summed E-state index contributed by atoms with van der Waals surface area (Å²) in [5.41, 5.74) is 3.08. The molecular formula is C20H32N2. The largest absolute Gasteiger partial charge is 0.303 e. The Morgan fingerprint density at radius 1 is 0.682 bits per heavy atom. The molecule has 0 spiro atoms. The van der Waals surface area contributed by atoms with Gasteiger partial charge in [0.2, 0.25) is 0 Å². The first-order chi connectivity index (χ1) is 10.9. The highest BCUT2D eigenvalue weighted by molar-refractivity contribution is 5.23. The van der Waals surface area contributed by atoms with E-state index in [0.717, 1.165) is 0 Å². The van der Waals surface area contributed by atoms with Gasteiger partial charge in [-0.3, -0.25) is 0 Å². The third-order valence-electron chi connectivity index (χ3n) is 5.27. The maximum atomic E-state index is 2.62. The number of hydrogen-bond acceptors (Lipinski definition) is 2. The number of likely N-dealkylation sites (tertiary alicyclic amines) is 2. The van der Waals surface area contributed by atoms with Gasteiger partial charge in [-0.2, -0.15) is 0 Å². The van der Waals surface area contributed by atoms with Crippen molar-refractivity contribution in [3.63, 3.8) is 0 Å². The smallest absolute Gasteiger partial charge is 0.00156 e. The van der Waals surface area contributed by atoms with Gasteiger partial charge in [0.25, 0.3) is 0 Å². The highest BCUT2D eigenvalue weighted by Gasteiger charge is 2.11. The molecule has 1 aromatic rings. The Kier molecular flexibility index (Phi) is 6.32. The summed E-state index contributed by atoms with van der Waals surface area (Å²) in [6.07, 6.45) is 10.8. The minimum absolute atomic E-state index is 1.25. The van der Waals surface area contributed by atoms with Crippen molar-refractivity contribution in [1.82, 2.24) is 9.80 Å². The summed E-state index contributed by atoms with van der Waals surface area (Å²) in [6.45, 7) is 7.90. The molecule has 3 rings (SSSR count). The fourth-order valence-corrected chi connectivity index (χ4v) is 3.97. The van der Waals surface area contributed by atoms with Crippen LogP contribution in [0, 0.1) is 0 Å². The molecule has 2 heterocycles. The highest BCUT2D eigenvalue weighted by atomic mass is 15.1. The van der Waals surface area contributed by atoms with E-state index in [0.29, 0.717) is 0 Å². The summed E-state index contributed by atoms with van der Waals surface area (Å²) in [4.78, 5) is 5.25. The van der Waals surface area contributed by atoms with Crippen LogP contribution in [0.15, 0.2) is 24.3 Å². The first-order valence-electron chi connectivity index (χ1n) is 9.43. The lowest BCUT2D eigenvalue weighted by Crippen LogP contribution is -2.21. The zero-order chi connectivity index (χ0) is 15.0. The van der Waals surface area contributed by atoms with E-state index in [-0.39, 0.29) is 0 Å². The molecule has 0 N–H and O–H groups in total. The van der Waals surface area contributed by atoms with Gasteiger partial charge in [0.15, 0.2) is 0 Å². The molecule has 0 amide bonds. The fourth-order valence-electron chi connectivity index (χ4n) is 3.97. The maximum absolute atomic E-state index is 2.62. The molecule has 2 nitrogen and oxygen atoms in total. The lowest BCUT2D eigenvalue weighted by molar-refractivity contribution is 0.333. The molecular weight excluding hydrogens is 268 g/mol. The molecule has 0 unspecified atom stereocenters. The SMILES string of the molecule is c1cc(CCCN2CCCC2)cc(CCCN2CCCC2)c1. The van der Waals surface area contributed by atoms with Crippen LogP contribution in [-0.2, 0) is 12.8 Å². The van der Waals surface area contributed by atoms with Gasteiger partial charge >= 0.3 is 0 Å². The average Bonchev–Trinajstić information content (AvgIpc) is 3.21. The van der Waals surface area contributed by atoms with Gasteiger partial charge in [0.05, 0.1) is 0 Å². The zero-order valence-corrected chi connectivity index (χ0v) is 14.1. The number of rotatable bonds is 8. The predicted molar refractivity (Wildman–Crippen MR) is 94.4 cm³/mol. The molecule has 1 aromatic carbocycles. The van der Waals surface area contributed by atoms with Gasteiger partial charge in [0.1, 0.15) is 0 Å². The van der Waals surface area contributed by atoms with Crippen molar-refractivity contribution < 1.29 is 0 Å². The number of aryl methyl sites for hydroxylation is 2. The van der Waals surface area contributed by atoms with E-state index >= 15 is 0 Å². The number of nitrogens with zero attached hydrogens (tertiary/aromatic N) is 2. The van der Waals surface area contributed by atoms with Crippen LogP contribution in [-0.4, -0.2) is 49.1 Å². The van der Waals surface area contributed by atoms with Crippen LogP contribution in [0.4, 0.5) is 0 Å². The minimum atomic E-state index is 1.25. The molecule has 0 bridgehead atoms. The standard InChI is InChI=1S/C20H32N2/c1-2-13-21(12-1)16-6-10-19-8-5-9-20(18-19)11-7-17-22-14-3-4-15-22/h5,8-9,18H,1-4,6-7,10-17H2. The van der Waals surface area contributed by atoms with Gasteiger partial charge in [-0.25, -0.2) is 0 Å². The lowest BCUT2D eigenvalue weighted by atomic mass is 10.0. The second kappa shape index (κ2) is 8.69. The van der Waals surface area contributed by atoms with Crippen molar-refractivity contribution in [2.75, 3.05) is 39.3 Å². The molecule has 2 saturated heterocycles. The van der Waals surface area contributed by atoms with Gasteiger partial charge in [-0.1, -0.05) is 24.3 Å². The van der Waals surface area contributed by atoms with Crippen LogP contribution in [0.25, 0.3) is 0 Å². The normalized spacial score (nSPS) is 20.0. The Bertz CT molecular complexity index is 394. The quantitative estimate of drug-likeness (QED) is 0.721. The summed E-state index contributed by atoms with van der Waals surface area (Å²) < 4.78 is 0. The summed E-state index contributed by atoms with van der Waals surface area (Å²) in [7, 11) is 0. The van der Waals surface area contributed by atoms with Crippen molar-refractivity contribution in [2.45, 2.75) is 51.4 Å². The first-order valence-corrected chi connectivity index (χ1v) is 9.43. The highest BCUT2D eigenvalue weighted by Crippen LogP contribution is 2.13. The molecule has 2 aliphatic heterocycles. The lowest BCUT2D eigenvalue weighted by Gasteiger charge is -2.15. The molecule has 2 heteroatoms. The summed E-state index contributed by atoms with van der Waals surface area (Å²) in [5.74, 6) is 0. The van der Waals surface area contributed by atoms with Crippen molar-refractivity contribution in [3.8, 4) is 0 Å². The van der Waals surface area contributed by atoms with Crippen molar-refractivity contribution >= 4 is 0 Å². The Labute approximate surface area is 136 Å². The van der Waals surface area contributed by atoms with Crippen LogP contribution in [0.2, 0.25) is 0 Å². The molecule has 2 aliphatic rings. The molecule has 0 aromatic heterocycles. The Balaban J connectivity index is 1.37. The van der Waals surface area contributed by atoms with Gasteiger partial charge in [-0.05, 0) is 102 Å². The molecule has 122 valence electrons. The second-order valence-electron chi connectivity index (χ2n) is 7.12. The minimum Gasteiger partial charge on any atom is -0.303 e. The monoisotopic (exact) mass is 300 g/mol. The number of benzene rings is 1. The van der Waals surface area contributed by atoms with Crippen molar-refractivity contribution in [2.24, 2.45) is 0 Å². The third kappa shape index (κ3) is 5.10. The fraction of sp³-hybridized carbons (Fsp3) is 0.700. The van der Waals surface area contributed by atoms with Crippen LogP contribution in [0.5, 0.6) is 0 Å². The van der Waals surface area contributed by atoms with E-state index in [1.54, 1.807) is 0 Å². The summed E-state index contributed by atoms with van der Waals surface area (Å²) >= 11 is 0. The van der Waals surface area contributed by atoms with Crippen molar-refractivity contribution in [1.29, 1.82) is 0 Å². The van der Waals surface area contributed by atoms with E-state index in [2.05, 4.69) is 34.1 Å². The predicted octanol–water partition coefficient (Wildman–Crippen LogP) is 3.74. The Morgan fingerprint density at radius 2 is 1.14 bits per heavy atom. The van der Waals surface area contributed by atoms with Gasteiger partial charge in [0, 0.05) is 0 Å². The molecule has 0 aliphatic carbocycles. The second-order valence-corrected chi connectivity index (χ2v) is 7.12. The molecule has 22 heavy (non-hydrogen) atoms.